The van der Waals surface area contributed by atoms with E-state index in [2.05, 4.69) is 158 Å². The summed E-state index contributed by atoms with van der Waals surface area (Å²) >= 11 is 4.96. The topological polar surface area (TPSA) is 253 Å². The molecule has 10 amide bonds. The van der Waals surface area contributed by atoms with Gasteiger partial charge in [0.05, 0.1) is 26.8 Å². The second-order valence-electron chi connectivity index (χ2n) is 37.7. The fourth-order valence-electron chi connectivity index (χ4n) is 19.3. The Morgan fingerprint density at radius 3 is 1.43 bits per heavy atom. The summed E-state index contributed by atoms with van der Waals surface area (Å²) in [6, 6.07) is 40.9. The number of fused-ring (bicyclic) bond motifs is 7. The lowest BCUT2D eigenvalue weighted by molar-refractivity contribution is -0.138. The summed E-state index contributed by atoms with van der Waals surface area (Å²) in [4.78, 5) is 146. The molecule has 0 radical (unpaired) electrons. The smallest absolute Gasteiger partial charge is 0.326 e. The van der Waals surface area contributed by atoms with Crippen LogP contribution in [0.25, 0.3) is 11.0 Å². The van der Waals surface area contributed by atoms with Crippen molar-refractivity contribution in [3.05, 3.63) is 183 Å². The highest BCUT2D eigenvalue weighted by atomic mass is 32.2. The molecule has 7 aromatic rings. The number of carbonyl (C=O) groups is 8. The first-order valence-electron chi connectivity index (χ1n) is 43.4. The molecule has 642 valence electrons. The average molecular weight is 1680 g/mol. The molecule has 17 rings (SSSR count). The number of likely N-dealkylation sites (tertiary alicyclic amines) is 3. The van der Waals surface area contributed by atoms with Crippen LogP contribution in [0.4, 0.5) is 21.0 Å². The number of para-hydroxylation sites is 4. The lowest BCUT2D eigenvalue weighted by Gasteiger charge is -2.43. The van der Waals surface area contributed by atoms with E-state index < -0.39 is 5.25 Å². The van der Waals surface area contributed by atoms with Crippen LogP contribution in [-0.2, 0) is 64.3 Å². The molecule has 6 unspecified atom stereocenters. The summed E-state index contributed by atoms with van der Waals surface area (Å²) < 4.78 is 1.85. The van der Waals surface area contributed by atoms with Crippen LogP contribution in [0.15, 0.2) is 139 Å². The van der Waals surface area contributed by atoms with Gasteiger partial charge in [0.25, 0.3) is 0 Å². The molecule has 0 bridgehead atoms. The van der Waals surface area contributed by atoms with Crippen molar-refractivity contribution in [3.63, 3.8) is 0 Å². The zero-order valence-corrected chi connectivity index (χ0v) is 73.3. The Balaban J connectivity index is 0.000000177. The number of imidazole rings is 2. The predicted octanol–water partition coefficient (Wildman–Crippen LogP) is 16.7. The highest BCUT2D eigenvalue weighted by molar-refractivity contribution is 8.02. The lowest BCUT2D eigenvalue weighted by Crippen LogP contribution is -2.51. The van der Waals surface area contributed by atoms with Crippen LogP contribution in [0, 0.1) is 16.2 Å². The van der Waals surface area contributed by atoms with Crippen LogP contribution in [0.2, 0.25) is 0 Å². The van der Waals surface area contributed by atoms with Crippen LogP contribution in [-0.4, -0.2) is 200 Å². The number of hydrogen-bond acceptors (Lipinski definition) is 13. The van der Waals surface area contributed by atoms with Gasteiger partial charge in [0.1, 0.15) is 20.9 Å². The number of H-pyrrole nitrogens is 2. The van der Waals surface area contributed by atoms with Gasteiger partial charge in [-0.05, 0) is 177 Å². The third-order valence-electron chi connectivity index (χ3n) is 26.0. The molecule has 4 N–H and O–H groups in total. The SMILES string of the molecule is CC(C)(C)CCN1C(=O)C(CC(=O)N2CCC(N3CCc4ccccc4NC3=O)CC2)SC1c1ncc[nH]1.CC(C)(C)CCN1C(=O)C(CC(=O)N2CCC(N3Cc4ccccc4NC3=O)CC2)SC12CCCc1ccccc12.CC(C)(C)CCN1C(=O)C(CC(=O)N2CCC(n3c(=O)[nH]c4ccccc43)CC2)SC12CCCc1ccccc12.[HH].[HH].[HH].[HH]. The van der Waals surface area contributed by atoms with Crippen molar-refractivity contribution in [1.29, 1.82) is 0 Å². The highest BCUT2D eigenvalue weighted by Gasteiger charge is 2.57. The van der Waals surface area contributed by atoms with Crippen molar-refractivity contribution in [2.24, 2.45) is 16.2 Å². The van der Waals surface area contributed by atoms with Crippen LogP contribution >= 0.6 is 35.3 Å². The standard InChI is InChI=1S/C33H42N4O3S.C32H40N4O3S.C28H38N6O3S.4H2/c1-32(2,3)17-20-37-30(39)28(41-33(37)16-8-11-23-9-4-6-12-26(23)33)21-29(38)35-18-14-25(15-19-35)36-22-24-10-5-7-13-27(24)34-31(36)40;1-31(2,3)17-20-35-29(38)27(40-32(35)16-8-10-22-9-4-5-11-24(22)32)21-28(37)34-18-14-23(15-19-34)36-26-13-7-6-12-25(26)33-30(36)39;1-28(2,3)11-17-34-25(36)22(38-26(34)24-29-12-13-30-24)18-23(35)32-14-9-20(10-15-32)33-16-8-19-6-4-5-7-21(19)31-27(33)37;;;;/h4-7,9-10,12-13,25,28H,8,11,14-22H2,1-3H3,(H,34,40);4-7,9,11-13,23,27H,8,10,14-21H2,1-3H3,(H,33,39);4-7,12-13,20,22,26H,8-11,14-18H2,1-3H3,(H,29,30)(H,31,37);4*1H. The van der Waals surface area contributed by atoms with Crippen molar-refractivity contribution in [1.82, 2.24) is 58.7 Å². The molecule has 8 aliphatic heterocycles. The number of amides is 10. The van der Waals surface area contributed by atoms with Crippen molar-refractivity contribution >= 4 is 105 Å². The highest BCUT2D eigenvalue weighted by Crippen LogP contribution is 2.58. The average Bonchev–Trinajstić information content (AvgIpc) is 1.61. The fraction of sp³-hybridized carbons (Fsp3) is 0.548. The van der Waals surface area contributed by atoms with Gasteiger partial charge in [-0.3, -0.25) is 33.3 Å². The van der Waals surface area contributed by atoms with E-state index in [1.165, 1.54) is 34.0 Å². The monoisotopic (exact) mass is 1680 g/mol. The summed E-state index contributed by atoms with van der Waals surface area (Å²) in [6.07, 6.45) is 18.2. The Bertz CT molecular complexity index is 4950. The first-order chi connectivity index (χ1) is 57.0. The predicted molar refractivity (Wildman–Crippen MR) is 481 cm³/mol. The Morgan fingerprint density at radius 1 is 0.479 bits per heavy atom. The molecule has 5 aromatic carbocycles. The molecule has 6 atom stereocenters. The zero-order valence-electron chi connectivity index (χ0n) is 70.8. The number of hydrogen-bond donors (Lipinski definition) is 4. The second kappa shape index (κ2) is 35.6. The van der Waals surface area contributed by atoms with E-state index in [1.54, 1.807) is 35.9 Å². The van der Waals surface area contributed by atoms with Crippen molar-refractivity contribution in [2.75, 3.05) is 76.1 Å². The molecule has 26 heteroatoms. The molecule has 23 nitrogen and oxygen atoms in total. The molecule has 0 saturated carbocycles. The number of nitrogens with one attached hydrogen (secondary N) is 4. The number of aromatic nitrogens is 4. The van der Waals surface area contributed by atoms with Gasteiger partial charge in [-0.2, -0.15) is 0 Å². The molecule has 10 heterocycles. The van der Waals surface area contributed by atoms with E-state index in [9.17, 15) is 43.2 Å². The van der Waals surface area contributed by atoms with E-state index >= 15 is 0 Å². The summed E-state index contributed by atoms with van der Waals surface area (Å²) in [6.45, 7) is 26.8. The normalized spacial score (nSPS) is 23.9. The van der Waals surface area contributed by atoms with Gasteiger partial charge in [0.2, 0.25) is 35.4 Å². The first-order valence-corrected chi connectivity index (χ1v) is 46.1. The third-order valence-corrected chi connectivity index (χ3v) is 30.8. The number of rotatable bonds is 16. The van der Waals surface area contributed by atoms with Crippen molar-refractivity contribution in [2.45, 2.75) is 240 Å². The maximum Gasteiger partial charge on any atom is 0.326 e. The fourth-order valence-corrected chi connectivity index (χ4v) is 24.4. The number of aromatic amines is 2. The summed E-state index contributed by atoms with van der Waals surface area (Å²) in [5, 5.41) is 4.72. The van der Waals surface area contributed by atoms with Crippen LogP contribution in [0.3, 0.4) is 0 Å². The molecular formula is C93H128N14O9S3. The molecule has 2 aliphatic carbocycles. The van der Waals surface area contributed by atoms with E-state index in [-0.39, 0.29) is 138 Å². The lowest BCUT2D eigenvalue weighted by atomic mass is 9.85. The number of piperidine rings is 3. The number of nitrogens with zero attached hydrogens (tertiary/aromatic N) is 10. The molecule has 6 fully saturated rings. The van der Waals surface area contributed by atoms with Gasteiger partial charge in [-0.15, -0.1) is 35.3 Å². The number of urea groups is 2. The summed E-state index contributed by atoms with van der Waals surface area (Å²) in [7, 11) is 0. The number of aryl methyl sites for hydroxylation is 2. The number of thioether (sulfide) groups is 3. The minimum absolute atomic E-state index is 0. The summed E-state index contributed by atoms with van der Waals surface area (Å²) in [5.41, 5.74) is 11.2. The quantitative estimate of drug-likeness (QED) is 0.0703. The molecule has 6 saturated heterocycles. The minimum atomic E-state index is -0.412. The van der Waals surface area contributed by atoms with Crippen LogP contribution in [0.1, 0.15) is 221 Å². The van der Waals surface area contributed by atoms with E-state index in [1.807, 2.05) is 94.6 Å². The number of benzene rings is 5. The van der Waals surface area contributed by atoms with Gasteiger partial charge in [-0.1, -0.05) is 159 Å². The van der Waals surface area contributed by atoms with Gasteiger partial charge >= 0.3 is 17.8 Å². The van der Waals surface area contributed by atoms with Crippen LogP contribution in [0.5, 0.6) is 0 Å². The molecule has 2 aromatic heterocycles. The van der Waals surface area contributed by atoms with E-state index in [4.69, 9.17) is 0 Å². The first kappa shape index (κ1) is 85.0. The van der Waals surface area contributed by atoms with Gasteiger partial charge in [-0.25, -0.2) is 19.4 Å². The van der Waals surface area contributed by atoms with Crippen molar-refractivity contribution in [3.8, 4) is 0 Å². The van der Waals surface area contributed by atoms with Crippen molar-refractivity contribution < 1.29 is 44.1 Å². The van der Waals surface area contributed by atoms with Gasteiger partial charge in [0.15, 0.2) is 0 Å². The van der Waals surface area contributed by atoms with E-state index in [0.717, 1.165) is 142 Å². The Labute approximate surface area is 719 Å². The van der Waals surface area contributed by atoms with Crippen LogP contribution < -0.4 is 16.3 Å². The van der Waals surface area contributed by atoms with Gasteiger partial charge < -0.3 is 59.8 Å². The molecule has 119 heavy (non-hydrogen) atoms. The number of carbonyl (C=O) groups excluding carboxylic acids is 8. The van der Waals surface area contributed by atoms with E-state index in [0.29, 0.717) is 72.0 Å². The molecule has 2 spiro atoms. The maximum atomic E-state index is 14.0. The van der Waals surface area contributed by atoms with Gasteiger partial charge in [0, 0.05) is 139 Å². The second-order valence-corrected chi connectivity index (χ2v) is 42.0. The number of anilines is 2. The largest absolute Gasteiger partial charge is 0.346 e. The Kier molecular flexibility index (Phi) is 25.4. The molecular weight excluding hydrogens is 1550 g/mol. The maximum absolute atomic E-state index is 14.0. The Hall–Kier alpha value is -9.01. The minimum Gasteiger partial charge on any atom is -0.346 e. The third kappa shape index (κ3) is 18.7. The Morgan fingerprint density at radius 2 is 0.916 bits per heavy atom. The zero-order chi connectivity index (χ0) is 83.7. The summed E-state index contributed by atoms with van der Waals surface area (Å²) in [5.74, 6) is 1.11. The molecule has 10 aliphatic rings.